The zero-order valence-corrected chi connectivity index (χ0v) is 12.9. The fourth-order valence-corrected chi connectivity index (χ4v) is 2.64. The van der Waals surface area contributed by atoms with Gasteiger partial charge in [0.2, 0.25) is 0 Å². The van der Waals surface area contributed by atoms with Crippen molar-refractivity contribution in [2.75, 3.05) is 6.54 Å². The second-order valence-electron chi connectivity index (χ2n) is 4.88. The number of carbonyl (C=O) groups is 1. The zero-order chi connectivity index (χ0) is 13.9. The molecule has 1 N–H and O–H groups in total. The molecule has 0 aliphatic carbocycles. The average Bonchev–Trinajstić information content (AvgIpc) is 2.29. The zero-order valence-electron chi connectivity index (χ0n) is 11.3. The van der Waals surface area contributed by atoms with Crippen LogP contribution in [0.2, 0.25) is 0 Å². The topological polar surface area (TPSA) is 40.5 Å². The van der Waals surface area contributed by atoms with Gasteiger partial charge in [0.15, 0.2) is 0 Å². The van der Waals surface area contributed by atoms with Crippen molar-refractivity contribution in [1.82, 2.24) is 4.90 Å². The third kappa shape index (κ3) is 3.12. The summed E-state index contributed by atoms with van der Waals surface area (Å²) in [4.78, 5) is 13.4. The van der Waals surface area contributed by atoms with Crippen molar-refractivity contribution in [3.63, 3.8) is 0 Å². The van der Waals surface area contributed by atoms with Gasteiger partial charge in [0, 0.05) is 10.5 Å². The highest BCUT2D eigenvalue weighted by atomic mass is 79.9. The first-order valence-corrected chi connectivity index (χ1v) is 6.85. The number of benzene rings is 1. The van der Waals surface area contributed by atoms with Crippen LogP contribution in [0.3, 0.4) is 0 Å². The third-order valence-electron chi connectivity index (χ3n) is 3.38. The first-order chi connectivity index (χ1) is 8.30. The molecule has 0 spiro atoms. The Kier molecular flexibility index (Phi) is 4.93. The lowest BCUT2D eigenvalue weighted by molar-refractivity contribution is -0.150. The van der Waals surface area contributed by atoms with E-state index in [1.165, 1.54) is 0 Å². The molecule has 0 amide bonds. The standard InChI is InChI=1S/C14H20BrNO2/c1-5-16(14(3,4)13(17)18)10(2)11-7-6-8-12(15)9-11/h6-10H,5H2,1-4H3,(H,17,18). The fraction of sp³-hybridized carbons (Fsp3) is 0.500. The molecular formula is C14H20BrNO2. The predicted octanol–water partition coefficient (Wildman–Crippen LogP) is 3.70. The summed E-state index contributed by atoms with van der Waals surface area (Å²) in [5.41, 5.74) is 0.233. The summed E-state index contributed by atoms with van der Waals surface area (Å²) >= 11 is 3.45. The van der Waals surface area contributed by atoms with E-state index in [1.807, 2.05) is 43.0 Å². The number of carboxylic acid groups (broad SMARTS) is 1. The van der Waals surface area contributed by atoms with Crippen LogP contribution in [0.15, 0.2) is 28.7 Å². The minimum absolute atomic E-state index is 0.0543. The van der Waals surface area contributed by atoms with Crippen LogP contribution in [-0.4, -0.2) is 28.1 Å². The minimum atomic E-state index is -0.878. The summed E-state index contributed by atoms with van der Waals surface area (Å²) in [7, 11) is 0. The first-order valence-electron chi connectivity index (χ1n) is 6.06. The van der Waals surface area contributed by atoms with Crippen molar-refractivity contribution >= 4 is 21.9 Å². The molecule has 0 radical (unpaired) electrons. The smallest absolute Gasteiger partial charge is 0.323 e. The SMILES string of the molecule is CCN(C(C)c1cccc(Br)c1)C(C)(C)C(=O)O. The molecule has 0 bridgehead atoms. The normalized spacial score (nSPS) is 13.7. The molecule has 1 atom stereocenters. The number of carboxylic acids is 1. The number of aliphatic carboxylic acids is 1. The molecule has 1 rings (SSSR count). The van der Waals surface area contributed by atoms with Crippen LogP contribution < -0.4 is 0 Å². The molecule has 0 saturated carbocycles. The number of hydrogen-bond donors (Lipinski definition) is 1. The molecule has 3 nitrogen and oxygen atoms in total. The molecule has 4 heteroatoms. The molecular weight excluding hydrogens is 294 g/mol. The van der Waals surface area contributed by atoms with Gasteiger partial charge in [-0.2, -0.15) is 0 Å². The van der Waals surface area contributed by atoms with Crippen LogP contribution in [0, 0.1) is 0 Å². The van der Waals surface area contributed by atoms with E-state index in [4.69, 9.17) is 0 Å². The van der Waals surface area contributed by atoms with E-state index in [9.17, 15) is 9.90 Å². The van der Waals surface area contributed by atoms with Gasteiger partial charge >= 0.3 is 5.97 Å². The van der Waals surface area contributed by atoms with E-state index in [0.29, 0.717) is 6.54 Å². The highest BCUT2D eigenvalue weighted by molar-refractivity contribution is 9.10. The number of halogens is 1. The maximum atomic E-state index is 11.4. The molecule has 100 valence electrons. The van der Waals surface area contributed by atoms with Gasteiger partial charge in [-0.25, -0.2) is 0 Å². The Labute approximate surface area is 117 Å². The molecule has 1 unspecified atom stereocenters. The maximum Gasteiger partial charge on any atom is 0.323 e. The molecule has 18 heavy (non-hydrogen) atoms. The van der Waals surface area contributed by atoms with Crippen LogP contribution >= 0.6 is 15.9 Å². The Balaban J connectivity index is 3.06. The molecule has 0 heterocycles. The van der Waals surface area contributed by atoms with Crippen LogP contribution in [-0.2, 0) is 4.79 Å². The van der Waals surface area contributed by atoms with Crippen LogP contribution in [0.5, 0.6) is 0 Å². The van der Waals surface area contributed by atoms with Gasteiger partial charge < -0.3 is 5.11 Å². The minimum Gasteiger partial charge on any atom is -0.480 e. The monoisotopic (exact) mass is 313 g/mol. The van der Waals surface area contributed by atoms with E-state index in [-0.39, 0.29) is 6.04 Å². The highest BCUT2D eigenvalue weighted by Crippen LogP contribution is 2.29. The van der Waals surface area contributed by atoms with Gasteiger partial charge in [-0.05, 0) is 45.0 Å². The molecule has 0 aromatic heterocycles. The number of nitrogens with zero attached hydrogens (tertiary/aromatic N) is 1. The molecule has 0 aliphatic heterocycles. The largest absolute Gasteiger partial charge is 0.480 e. The second-order valence-corrected chi connectivity index (χ2v) is 5.80. The lowest BCUT2D eigenvalue weighted by atomic mass is 9.97. The van der Waals surface area contributed by atoms with Gasteiger partial charge in [-0.15, -0.1) is 0 Å². The van der Waals surface area contributed by atoms with Crippen LogP contribution in [0.4, 0.5) is 0 Å². The third-order valence-corrected chi connectivity index (χ3v) is 3.87. The number of likely N-dealkylation sites (N-methyl/N-ethyl adjacent to an activating group) is 1. The van der Waals surface area contributed by atoms with Gasteiger partial charge in [0.1, 0.15) is 5.54 Å². The summed E-state index contributed by atoms with van der Waals surface area (Å²) in [6.45, 7) is 8.20. The van der Waals surface area contributed by atoms with Crippen molar-refractivity contribution in [3.05, 3.63) is 34.3 Å². The molecule has 1 aromatic carbocycles. The quantitative estimate of drug-likeness (QED) is 0.901. The molecule has 1 aromatic rings. The summed E-state index contributed by atoms with van der Waals surface area (Å²) in [5, 5.41) is 9.34. The van der Waals surface area contributed by atoms with E-state index < -0.39 is 11.5 Å². The van der Waals surface area contributed by atoms with Crippen molar-refractivity contribution < 1.29 is 9.90 Å². The Morgan fingerprint density at radius 3 is 2.56 bits per heavy atom. The molecule has 0 saturated heterocycles. The van der Waals surface area contributed by atoms with Crippen molar-refractivity contribution in [2.45, 2.75) is 39.3 Å². The summed E-state index contributed by atoms with van der Waals surface area (Å²) in [6, 6.07) is 8.05. The van der Waals surface area contributed by atoms with Crippen molar-refractivity contribution in [1.29, 1.82) is 0 Å². The van der Waals surface area contributed by atoms with Crippen molar-refractivity contribution in [2.24, 2.45) is 0 Å². The van der Waals surface area contributed by atoms with Gasteiger partial charge in [-0.1, -0.05) is 35.0 Å². The summed E-state index contributed by atoms with van der Waals surface area (Å²) < 4.78 is 1.01. The molecule has 0 aliphatic rings. The highest BCUT2D eigenvalue weighted by Gasteiger charge is 2.36. The first kappa shape index (κ1) is 15.2. The van der Waals surface area contributed by atoms with Gasteiger partial charge in [-0.3, -0.25) is 9.69 Å². The van der Waals surface area contributed by atoms with Crippen molar-refractivity contribution in [3.8, 4) is 0 Å². The van der Waals surface area contributed by atoms with Gasteiger partial charge in [0.05, 0.1) is 0 Å². The van der Waals surface area contributed by atoms with Crippen LogP contribution in [0.1, 0.15) is 39.3 Å². The molecule has 0 fully saturated rings. The van der Waals surface area contributed by atoms with Crippen LogP contribution in [0.25, 0.3) is 0 Å². The Bertz CT molecular complexity index is 432. The van der Waals surface area contributed by atoms with E-state index >= 15 is 0 Å². The predicted molar refractivity (Wildman–Crippen MR) is 76.7 cm³/mol. The number of rotatable bonds is 5. The summed E-state index contributed by atoms with van der Waals surface area (Å²) in [5.74, 6) is -0.800. The Morgan fingerprint density at radius 1 is 1.50 bits per heavy atom. The van der Waals surface area contributed by atoms with E-state index in [0.717, 1.165) is 10.0 Å². The number of hydrogen-bond acceptors (Lipinski definition) is 2. The van der Waals surface area contributed by atoms with E-state index in [1.54, 1.807) is 13.8 Å². The lowest BCUT2D eigenvalue weighted by Gasteiger charge is -2.39. The lowest BCUT2D eigenvalue weighted by Crippen LogP contribution is -2.50. The Hall–Kier alpha value is -0.870. The average molecular weight is 314 g/mol. The summed E-state index contributed by atoms with van der Waals surface area (Å²) in [6.07, 6.45) is 0. The maximum absolute atomic E-state index is 11.4. The van der Waals surface area contributed by atoms with Gasteiger partial charge in [0.25, 0.3) is 0 Å². The second kappa shape index (κ2) is 5.85. The fourth-order valence-electron chi connectivity index (χ4n) is 2.22. The Morgan fingerprint density at radius 2 is 2.11 bits per heavy atom. The van der Waals surface area contributed by atoms with E-state index in [2.05, 4.69) is 15.9 Å².